The number of rotatable bonds is 7. The Morgan fingerprint density at radius 1 is 1.03 bits per heavy atom. The number of thioether (sulfide) groups is 1. The summed E-state index contributed by atoms with van der Waals surface area (Å²) in [4.78, 5) is 21.6. The number of amides is 1. The summed E-state index contributed by atoms with van der Waals surface area (Å²) in [5.74, 6) is 1.35. The van der Waals surface area contributed by atoms with E-state index in [4.69, 9.17) is 37.7 Å². The monoisotopic (exact) mass is 698 g/mol. The minimum absolute atomic E-state index is 0.0791. The highest BCUT2D eigenvalue weighted by Crippen LogP contribution is 2.40. The van der Waals surface area contributed by atoms with Gasteiger partial charge in [-0.1, -0.05) is 67.8 Å². The molecule has 1 heterocycles. The molecule has 0 N–H and O–H groups in total. The third-order valence-corrected chi connectivity index (χ3v) is 10.1. The molecule has 0 aromatic heterocycles. The summed E-state index contributed by atoms with van der Waals surface area (Å²) in [7, 11) is 1.63. The number of carbonyl (C=O) groups excluding carboxylic acids is 1. The lowest BCUT2D eigenvalue weighted by Crippen LogP contribution is -2.41. The zero-order chi connectivity index (χ0) is 27.4. The van der Waals surface area contributed by atoms with Gasteiger partial charge in [0.25, 0.3) is 5.91 Å². The number of aliphatic imine (C=N–C) groups is 1. The summed E-state index contributed by atoms with van der Waals surface area (Å²) < 4.78 is 12.7. The molecule has 0 atom stereocenters. The smallest absolute Gasteiger partial charge is 0.266 e. The Balaban J connectivity index is 1.39. The van der Waals surface area contributed by atoms with Crippen LogP contribution in [0.15, 0.2) is 40.2 Å². The van der Waals surface area contributed by atoms with Crippen molar-refractivity contribution in [3.63, 3.8) is 0 Å². The maximum absolute atomic E-state index is 13.8. The highest BCUT2D eigenvalue weighted by atomic mass is 127. The van der Waals surface area contributed by atoms with Gasteiger partial charge in [-0.15, -0.1) is 0 Å². The van der Waals surface area contributed by atoms with Crippen molar-refractivity contribution in [3.8, 4) is 11.5 Å². The molecule has 2 aliphatic carbocycles. The maximum atomic E-state index is 13.8. The van der Waals surface area contributed by atoms with Gasteiger partial charge < -0.3 is 9.47 Å². The van der Waals surface area contributed by atoms with Gasteiger partial charge in [-0.3, -0.25) is 14.7 Å². The Labute approximate surface area is 258 Å². The number of methoxy groups -OCH3 is 1. The summed E-state index contributed by atoms with van der Waals surface area (Å²) in [5.41, 5.74) is 1.81. The average molecular weight is 699 g/mol. The Morgan fingerprint density at radius 3 is 2.44 bits per heavy atom. The number of nitrogens with zero attached hydrogens (tertiary/aromatic N) is 2. The van der Waals surface area contributed by atoms with Crippen LogP contribution in [0.1, 0.15) is 75.3 Å². The van der Waals surface area contributed by atoms with E-state index in [-0.39, 0.29) is 11.9 Å². The van der Waals surface area contributed by atoms with Gasteiger partial charge in [-0.2, -0.15) is 0 Å². The minimum atomic E-state index is 0.0791. The minimum Gasteiger partial charge on any atom is -0.493 e. The molecule has 208 valence electrons. The summed E-state index contributed by atoms with van der Waals surface area (Å²) in [6.07, 6.45) is 13.7. The zero-order valence-corrected chi connectivity index (χ0v) is 26.5. The van der Waals surface area contributed by atoms with E-state index in [0.717, 1.165) is 50.5 Å². The second-order valence-corrected chi connectivity index (χ2v) is 13.3. The molecular formula is C30H33Cl2IN2O3S. The Morgan fingerprint density at radius 2 is 1.74 bits per heavy atom. The first-order chi connectivity index (χ1) is 18.9. The predicted molar refractivity (Wildman–Crippen MR) is 170 cm³/mol. The van der Waals surface area contributed by atoms with Crippen LogP contribution in [0.3, 0.4) is 0 Å². The molecule has 2 aromatic carbocycles. The summed E-state index contributed by atoms with van der Waals surface area (Å²) in [6, 6.07) is 9.98. The van der Waals surface area contributed by atoms with Gasteiger partial charge in [0.1, 0.15) is 6.61 Å². The van der Waals surface area contributed by atoms with E-state index in [1.54, 1.807) is 19.2 Å². The van der Waals surface area contributed by atoms with Gasteiger partial charge in [0.15, 0.2) is 16.7 Å². The van der Waals surface area contributed by atoms with E-state index in [1.165, 1.54) is 50.3 Å². The van der Waals surface area contributed by atoms with Crippen LogP contribution in [0.4, 0.5) is 0 Å². The van der Waals surface area contributed by atoms with Crippen LogP contribution < -0.4 is 9.47 Å². The van der Waals surface area contributed by atoms with Gasteiger partial charge in [-0.05, 0) is 102 Å². The standard InChI is InChI=1S/C30H33Cl2IN2O3S/c1-37-26-16-20(15-25(33)28(26)38-18-19-12-13-23(31)24(32)14-19)17-27-29(36)35(22-10-6-3-7-11-22)30(39-27)34-21-8-4-2-5-9-21/h12-17,21-22H,2-11,18H2,1H3. The first kappa shape index (κ1) is 29.1. The van der Waals surface area contributed by atoms with Crippen molar-refractivity contribution in [2.75, 3.05) is 7.11 Å². The SMILES string of the molecule is COc1cc(C=C2SC(=NC3CCCCC3)N(C3CCCCC3)C2=O)cc(I)c1OCc1ccc(Cl)c(Cl)c1. The lowest BCUT2D eigenvalue weighted by atomic mass is 9.94. The predicted octanol–water partition coefficient (Wildman–Crippen LogP) is 9.12. The normalized spacial score (nSPS) is 21.2. The first-order valence-corrected chi connectivity index (χ1v) is 16.3. The van der Waals surface area contributed by atoms with Crippen LogP contribution in [-0.2, 0) is 11.4 Å². The van der Waals surface area contributed by atoms with E-state index >= 15 is 0 Å². The molecule has 2 aromatic rings. The molecule has 9 heteroatoms. The van der Waals surface area contributed by atoms with Crippen molar-refractivity contribution in [2.45, 2.75) is 82.9 Å². The van der Waals surface area contributed by atoms with E-state index in [0.29, 0.717) is 34.2 Å². The van der Waals surface area contributed by atoms with E-state index in [1.807, 2.05) is 29.2 Å². The van der Waals surface area contributed by atoms with Gasteiger partial charge in [0, 0.05) is 6.04 Å². The number of carbonyl (C=O) groups is 1. The third-order valence-electron chi connectivity index (χ3n) is 7.56. The fourth-order valence-electron chi connectivity index (χ4n) is 5.50. The molecule has 1 amide bonds. The second kappa shape index (κ2) is 13.5. The largest absolute Gasteiger partial charge is 0.493 e. The van der Waals surface area contributed by atoms with Crippen molar-refractivity contribution >= 4 is 74.7 Å². The highest BCUT2D eigenvalue weighted by Gasteiger charge is 2.39. The Bertz CT molecular complexity index is 1270. The lowest BCUT2D eigenvalue weighted by molar-refractivity contribution is -0.124. The molecule has 3 aliphatic rings. The summed E-state index contributed by atoms with van der Waals surface area (Å²) in [6.45, 7) is 0.329. The number of benzene rings is 2. The Kier molecular flexibility index (Phi) is 10.1. The summed E-state index contributed by atoms with van der Waals surface area (Å²) >= 11 is 16.0. The molecule has 0 spiro atoms. The van der Waals surface area contributed by atoms with Crippen LogP contribution in [0.5, 0.6) is 11.5 Å². The number of hydrogen-bond acceptors (Lipinski definition) is 5. The number of amidine groups is 1. The van der Waals surface area contributed by atoms with Crippen LogP contribution in [0, 0.1) is 3.57 Å². The van der Waals surface area contributed by atoms with Crippen LogP contribution in [0.2, 0.25) is 10.0 Å². The molecule has 1 saturated heterocycles. The topological polar surface area (TPSA) is 51.1 Å². The van der Waals surface area contributed by atoms with Crippen molar-refractivity contribution in [1.29, 1.82) is 0 Å². The molecule has 0 radical (unpaired) electrons. The van der Waals surface area contributed by atoms with E-state index in [2.05, 4.69) is 22.6 Å². The van der Waals surface area contributed by atoms with Gasteiger partial charge in [0.05, 0.1) is 31.7 Å². The molecular weight excluding hydrogens is 666 g/mol. The average Bonchev–Trinajstić information content (AvgIpc) is 3.24. The molecule has 5 nitrogen and oxygen atoms in total. The fourth-order valence-corrected chi connectivity index (χ4v) is 7.71. The van der Waals surface area contributed by atoms with Crippen LogP contribution in [0.25, 0.3) is 6.08 Å². The fraction of sp³-hybridized carbons (Fsp3) is 0.467. The third kappa shape index (κ3) is 7.08. The van der Waals surface area contributed by atoms with Crippen LogP contribution >= 0.6 is 57.6 Å². The van der Waals surface area contributed by atoms with Gasteiger partial charge >= 0.3 is 0 Å². The molecule has 0 unspecified atom stereocenters. The quantitative estimate of drug-likeness (QED) is 0.214. The van der Waals surface area contributed by atoms with Crippen molar-refractivity contribution < 1.29 is 14.3 Å². The second-order valence-electron chi connectivity index (χ2n) is 10.4. The Hall–Kier alpha value is -1.42. The van der Waals surface area contributed by atoms with E-state index < -0.39 is 0 Å². The number of hydrogen-bond donors (Lipinski definition) is 0. The molecule has 0 bridgehead atoms. The number of ether oxygens (including phenoxy) is 2. The molecule has 5 rings (SSSR count). The summed E-state index contributed by atoms with van der Waals surface area (Å²) in [5, 5.41) is 1.90. The van der Waals surface area contributed by atoms with Gasteiger partial charge in [0.2, 0.25) is 0 Å². The van der Waals surface area contributed by atoms with Crippen molar-refractivity contribution in [3.05, 3.63) is 60.0 Å². The molecule has 2 saturated carbocycles. The highest BCUT2D eigenvalue weighted by molar-refractivity contribution is 14.1. The van der Waals surface area contributed by atoms with E-state index in [9.17, 15) is 4.79 Å². The molecule has 1 aliphatic heterocycles. The molecule has 39 heavy (non-hydrogen) atoms. The van der Waals surface area contributed by atoms with Crippen molar-refractivity contribution in [2.24, 2.45) is 4.99 Å². The van der Waals surface area contributed by atoms with Crippen molar-refractivity contribution in [1.82, 2.24) is 4.90 Å². The first-order valence-electron chi connectivity index (χ1n) is 13.7. The van der Waals surface area contributed by atoms with Gasteiger partial charge in [-0.25, -0.2) is 0 Å². The zero-order valence-electron chi connectivity index (χ0n) is 22.1. The lowest BCUT2D eigenvalue weighted by Gasteiger charge is -2.31. The number of halogens is 3. The molecule has 3 fully saturated rings. The maximum Gasteiger partial charge on any atom is 0.266 e. The van der Waals surface area contributed by atoms with Crippen LogP contribution in [-0.4, -0.2) is 35.2 Å².